The number of hydrogen-bond donors (Lipinski definition) is 1. The average molecular weight is 331 g/mol. The van der Waals surface area contributed by atoms with Gasteiger partial charge in [-0.15, -0.1) is 0 Å². The number of aliphatic carboxylic acids is 1. The first kappa shape index (κ1) is 16.7. The van der Waals surface area contributed by atoms with Gasteiger partial charge in [0.1, 0.15) is 0 Å². The highest BCUT2D eigenvalue weighted by atomic mass is 16.4. The molecule has 4 aliphatic carbocycles. The summed E-state index contributed by atoms with van der Waals surface area (Å²) >= 11 is 0. The highest BCUT2D eigenvalue weighted by Crippen LogP contribution is 2.67. The van der Waals surface area contributed by atoms with E-state index in [0.29, 0.717) is 11.3 Å². The van der Waals surface area contributed by atoms with Crippen molar-refractivity contribution in [3.63, 3.8) is 0 Å². The molecule has 0 aromatic rings. The molecular formula is C22H34O2. The van der Waals surface area contributed by atoms with Crippen LogP contribution in [0.25, 0.3) is 0 Å². The van der Waals surface area contributed by atoms with Crippen LogP contribution in [0.3, 0.4) is 0 Å². The summed E-state index contributed by atoms with van der Waals surface area (Å²) in [5, 5.41) is 9.57. The quantitative estimate of drug-likeness (QED) is 0.676. The molecule has 0 aromatic heterocycles. The highest BCUT2D eigenvalue weighted by molar-refractivity contribution is 5.70. The van der Waals surface area contributed by atoms with Crippen molar-refractivity contribution in [2.45, 2.75) is 72.1 Å². The summed E-state index contributed by atoms with van der Waals surface area (Å²) in [5.74, 6) is 2.91. The normalized spacial score (nSPS) is 51.4. The second kappa shape index (κ2) is 5.61. The smallest absolute Gasteiger partial charge is 0.306 e. The van der Waals surface area contributed by atoms with E-state index in [0.717, 1.165) is 30.1 Å². The Morgan fingerprint density at radius 2 is 1.79 bits per heavy atom. The van der Waals surface area contributed by atoms with Crippen LogP contribution in [0, 0.1) is 46.3 Å². The average Bonchev–Trinajstić information content (AvgIpc) is 2.90. The predicted molar refractivity (Wildman–Crippen MR) is 96.5 cm³/mol. The Labute approximate surface area is 147 Å². The minimum absolute atomic E-state index is 0.180. The van der Waals surface area contributed by atoms with Crippen molar-refractivity contribution < 1.29 is 9.90 Å². The molecule has 0 unspecified atom stereocenters. The molecule has 24 heavy (non-hydrogen) atoms. The number of fused-ring (bicyclic) bond motifs is 5. The summed E-state index contributed by atoms with van der Waals surface area (Å²) in [6.07, 6.45) is 15.3. The van der Waals surface area contributed by atoms with Crippen molar-refractivity contribution in [1.29, 1.82) is 0 Å². The molecule has 4 rings (SSSR count). The van der Waals surface area contributed by atoms with Crippen LogP contribution in [0.5, 0.6) is 0 Å². The van der Waals surface area contributed by atoms with Gasteiger partial charge in [-0.05, 0) is 91.8 Å². The molecule has 0 aromatic carbocycles. The molecule has 2 heteroatoms. The minimum Gasteiger partial charge on any atom is -0.481 e. The topological polar surface area (TPSA) is 37.3 Å². The van der Waals surface area contributed by atoms with Gasteiger partial charge in [0, 0.05) is 0 Å². The fourth-order valence-corrected chi connectivity index (χ4v) is 7.86. The van der Waals surface area contributed by atoms with E-state index in [1.165, 1.54) is 44.9 Å². The molecule has 0 aliphatic heterocycles. The largest absolute Gasteiger partial charge is 0.481 e. The molecule has 3 fully saturated rings. The van der Waals surface area contributed by atoms with Gasteiger partial charge in [-0.25, -0.2) is 0 Å². The number of rotatable bonds is 2. The molecule has 134 valence electrons. The van der Waals surface area contributed by atoms with Gasteiger partial charge >= 0.3 is 5.97 Å². The van der Waals surface area contributed by atoms with Gasteiger partial charge < -0.3 is 5.11 Å². The minimum atomic E-state index is -0.586. The predicted octanol–water partition coefficient (Wildman–Crippen LogP) is 5.53. The second-order valence-corrected chi connectivity index (χ2v) is 9.89. The van der Waals surface area contributed by atoms with Crippen molar-refractivity contribution >= 4 is 5.97 Å². The zero-order valence-electron chi connectivity index (χ0n) is 15.6. The number of carboxylic acid groups (broad SMARTS) is 1. The van der Waals surface area contributed by atoms with Crippen molar-refractivity contribution in [2.24, 2.45) is 46.3 Å². The number of carbonyl (C=O) groups is 1. The molecule has 0 spiro atoms. The second-order valence-electron chi connectivity index (χ2n) is 9.89. The summed E-state index contributed by atoms with van der Waals surface area (Å²) < 4.78 is 0. The highest BCUT2D eigenvalue weighted by Gasteiger charge is 2.60. The molecule has 0 amide bonds. The third-order valence-electron chi connectivity index (χ3n) is 9.23. The summed E-state index contributed by atoms with van der Waals surface area (Å²) in [5.41, 5.74) is 0.780. The van der Waals surface area contributed by atoms with Crippen LogP contribution in [0.2, 0.25) is 0 Å². The van der Waals surface area contributed by atoms with Crippen LogP contribution in [-0.4, -0.2) is 11.1 Å². The standard InChI is InChI=1S/C22H34O2/c1-14(20(23)24)17-9-10-18-16-8-7-15-6-4-5-12-21(15,2)19(16)11-13-22(17,18)3/h4,6,14-19H,5,7-13H2,1-3H3,(H,23,24)/t14-,15-,16+,17-,18+,19+,21+,22-/m1/s1. The molecule has 8 atom stereocenters. The Bertz CT molecular complexity index is 552. The maximum absolute atomic E-state index is 11.6. The maximum atomic E-state index is 11.6. The van der Waals surface area contributed by atoms with E-state index < -0.39 is 5.97 Å². The van der Waals surface area contributed by atoms with Crippen molar-refractivity contribution in [2.75, 3.05) is 0 Å². The third kappa shape index (κ3) is 2.17. The molecule has 0 bridgehead atoms. The third-order valence-corrected chi connectivity index (χ3v) is 9.23. The molecule has 0 saturated heterocycles. The van der Waals surface area contributed by atoms with Gasteiger partial charge in [0.15, 0.2) is 0 Å². The van der Waals surface area contributed by atoms with Gasteiger partial charge in [0.2, 0.25) is 0 Å². The fraction of sp³-hybridized carbons (Fsp3) is 0.864. The number of carboxylic acids is 1. The van der Waals surface area contributed by atoms with Gasteiger partial charge in [0.25, 0.3) is 0 Å². The van der Waals surface area contributed by atoms with E-state index in [2.05, 4.69) is 26.0 Å². The molecule has 2 nitrogen and oxygen atoms in total. The Morgan fingerprint density at radius 1 is 1.04 bits per heavy atom. The van der Waals surface area contributed by atoms with E-state index in [9.17, 15) is 9.90 Å². The Kier molecular flexibility index (Phi) is 3.89. The molecular weight excluding hydrogens is 296 g/mol. The van der Waals surface area contributed by atoms with E-state index >= 15 is 0 Å². The summed E-state index contributed by atoms with van der Waals surface area (Å²) in [6.45, 7) is 6.98. The van der Waals surface area contributed by atoms with Gasteiger partial charge in [-0.1, -0.05) is 32.9 Å². The lowest BCUT2D eigenvalue weighted by Crippen LogP contribution is -2.52. The number of allylic oxidation sites excluding steroid dienone is 2. The van der Waals surface area contributed by atoms with Gasteiger partial charge in [-0.2, -0.15) is 0 Å². The first-order valence-electron chi connectivity index (χ1n) is 10.3. The molecule has 4 aliphatic rings. The first-order chi connectivity index (χ1) is 11.4. The molecule has 1 N–H and O–H groups in total. The molecule has 3 saturated carbocycles. The number of hydrogen-bond acceptors (Lipinski definition) is 1. The Balaban J connectivity index is 1.62. The van der Waals surface area contributed by atoms with E-state index in [-0.39, 0.29) is 11.3 Å². The van der Waals surface area contributed by atoms with Crippen molar-refractivity contribution in [3.05, 3.63) is 12.2 Å². The van der Waals surface area contributed by atoms with E-state index in [1.807, 2.05) is 6.92 Å². The van der Waals surface area contributed by atoms with E-state index in [1.54, 1.807) is 0 Å². The van der Waals surface area contributed by atoms with Crippen molar-refractivity contribution in [1.82, 2.24) is 0 Å². The van der Waals surface area contributed by atoms with Crippen LogP contribution in [0.1, 0.15) is 72.1 Å². The zero-order valence-corrected chi connectivity index (χ0v) is 15.6. The summed E-state index contributed by atoms with van der Waals surface area (Å²) in [4.78, 5) is 11.6. The molecule has 0 radical (unpaired) electrons. The lowest BCUT2D eigenvalue weighted by atomic mass is 9.45. The van der Waals surface area contributed by atoms with E-state index in [4.69, 9.17) is 0 Å². The molecule has 0 heterocycles. The van der Waals surface area contributed by atoms with Crippen LogP contribution < -0.4 is 0 Å². The zero-order chi connectivity index (χ0) is 17.1. The van der Waals surface area contributed by atoms with Crippen LogP contribution >= 0.6 is 0 Å². The lowest BCUT2D eigenvalue weighted by molar-refractivity contribution is -0.147. The fourth-order valence-electron chi connectivity index (χ4n) is 7.86. The van der Waals surface area contributed by atoms with Gasteiger partial charge in [0.05, 0.1) is 5.92 Å². The summed E-state index contributed by atoms with van der Waals surface area (Å²) in [7, 11) is 0. The lowest BCUT2D eigenvalue weighted by Gasteiger charge is -2.59. The van der Waals surface area contributed by atoms with Crippen LogP contribution in [-0.2, 0) is 4.79 Å². The maximum Gasteiger partial charge on any atom is 0.306 e. The van der Waals surface area contributed by atoms with Gasteiger partial charge in [-0.3, -0.25) is 4.79 Å². The first-order valence-corrected chi connectivity index (χ1v) is 10.3. The monoisotopic (exact) mass is 330 g/mol. The Morgan fingerprint density at radius 3 is 2.54 bits per heavy atom. The van der Waals surface area contributed by atoms with Crippen molar-refractivity contribution in [3.8, 4) is 0 Å². The Hall–Kier alpha value is -0.790. The van der Waals surface area contributed by atoms with Crippen LogP contribution in [0.15, 0.2) is 12.2 Å². The SMILES string of the molecule is C[C@@H](C(=O)O)[C@H]1CC[C@H]2[C@@H]3CC[C@H]4C=CCC[C@]4(C)[C@H]3CC[C@]12C. The van der Waals surface area contributed by atoms with Crippen LogP contribution in [0.4, 0.5) is 0 Å². The summed E-state index contributed by atoms with van der Waals surface area (Å²) in [6, 6.07) is 0.